The SMILES string of the molecule is CC1(C)CCC[C@]2(C)[C@@H]1CC[C@@]13[C@H](O)C[C@](C)(CC[C@@H]21)[C@H]3O. The number of rotatable bonds is 0. The van der Waals surface area contributed by atoms with Crippen molar-refractivity contribution in [3.63, 3.8) is 0 Å². The summed E-state index contributed by atoms with van der Waals surface area (Å²) >= 11 is 0. The minimum absolute atomic E-state index is 0.0384. The van der Waals surface area contributed by atoms with Gasteiger partial charge in [0.25, 0.3) is 0 Å². The second kappa shape index (κ2) is 4.30. The highest BCUT2D eigenvalue weighted by atomic mass is 16.3. The Bertz CT molecular complexity index is 486. The van der Waals surface area contributed by atoms with Gasteiger partial charge < -0.3 is 10.2 Å². The summed E-state index contributed by atoms with van der Waals surface area (Å²) in [6.07, 6.45) is 8.74. The fraction of sp³-hybridized carbons (Fsp3) is 1.00. The molecule has 2 N–H and O–H groups in total. The molecule has 2 nitrogen and oxygen atoms in total. The number of hydrogen-bond acceptors (Lipinski definition) is 2. The summed E-state index contributed by atoms with van der Waals surface area (Å²) in [5.41, 5.74) is 0.493. The zero-order valence-electron chi connectivity index (χ0n) is 14.9. The van der Waals surface area contributed by atoms with Gasteiger partial charge in [0.1, 0.15) is 0 Å². The molecule has 0 aliphatic heterocycles. The molecule has 0 unspecified atom stereocenters. The Hall–Kier alpha value is -0.0800. The molecule has 22 heavy (non-hydrogen) atoms. The Morgan fingerprint density at radius 1 is 0.818 bits per heavy atom. The van der Waals surface area contributed by atoms with E-state index in [9.17, 15) is 10.2 Å². The summed E-state index contributed by atoms with van der Waals surface area (Å²) in [6, 6.07) is 0. The maximum atomic E-state index is 11.2. The topological polar surface area (TPSA) is 40.5 Å². The molecule has 0 radical (unpaired) electrons. The molecule has 126 valence electrons. The van der Waals surface area contributed by atoms with E-state index in [2.05, 4.69) is 27.7 Å². The van der Waals surface area contributed by atoms with Gasteiger partial charge in [0.2, 0.25) is 0 Å². The lowest BCUT2D eigenvalue weighted by atomic mass is 9.40. The minimum atomic E-state index is -0.295. The molecular formula is C20H34O2. The van der Waals surface area contributed by atoms with E-state index in [4.69, 9.17) is 0 Å². The summed E-state index contributed by atoms with van der Waals surface area (Å²) in [4.78, 5) is 0. The molecule has 4 rings (SSSR count). The van der Waals surface area contributed by atoms with Crippen molar-refractivity contribution < 1.29 is 10.2 Å². The van der Waals surface area contributed by atoms with Crippen LogP contribution in [0.4, 0.5) is 0 Å². The van der Waals surface area contributed by atoms with Crippen molar-refractivity contribution >= 4 is 0 Å². The molecule has 0 aromatic carbocycles. The van der Waals surface area contributed by atoms with Crippen LogP contribution in [-0.2, 0) is 0 Å². The number of aliphatic hydroxyl groups is 2. The Labute approximate surface area is 135 Å². The van der Waals surface area contributed by atoms with Gasteiger partial charge in [-0.25, -0.2) is 0 Å². The summed E-state index contributed by atoms with van der Waals surface area (Å²) in [7, 11) is 0. The van der Waals surface area contributed by atoms with E-state index in [1.54, 1.807) is 0 Å². The average Bonchev–Trinajstić information content (AvgIpc) is 2.54. The predicted octanol–water partition coefficient (Wildman–Crippen LogP) is 4.14. The molecule has 2 bridgehead atoms. The fourth-order valence-corrected chi connectivity index (χ4v) is 8.10. The zero-order valence-corrected chi connectivity index (χ0v) is 14.9. The molecule has 4 saturated carbocycles. The molecule has 0 aromatic rings. The van der Waals surface area contributed by atoms with E-state index in [1.807, 2.05) is 0 Å². The van der Waals surface area contributed by atoms with E-state index in [0.29, 0.717) is 16.7 Å². The largest absolute Gasteiger partial charge is 0.392 e. The number of hydrogen-bond donors (Lipinski definition) is 2. The van der Waals surface area contributed by atoms with Gasteiger partial charge in [0.15, 0.2) is 0 Å². The standard InChI is InChI=1S/C20H34O2/c1-17(2)8-5-9-19(4)13(17)7-11-20-14(19)6-10-18(3,16(20)22)12-15(20)21/h13-16,21-22H,5-12H2,1-4H3/t13-,14+,15-,16-,18+,19-,20+/m1/s1. The van der Waals surface area contributed by atoms with Crippen molar-refractivity contribution in [1.82, 2.24) is 0 Å². The first-order chi connectivity index (χ1) is 10.2. The van der Waals surface area contributed by atoms with E-state index in [1.165, 1.54) is 32.1 Å². The van der Waals surface area contributed by atoms with Crippen LogP contribution < -0.4 is 0 Å². The molecule has 4 aliphatic carbocycles. The quantitative estimate of drug-likeness (QED) is 0.706. The third-order valence-corrected chi connectivity index (χ3v) is 9.04. The van der Waals surface area contributed by atoms with Crippen LogP contribution >= 0.6 is 0 Å². The predicted molar refractivity (Wildman–Crippen MR) is 88.4 cm³/mol. The molecule has 0 saturated heterocycles. The van der Waals surface area contributed by atoms with Crippen molar-refractivity contribution in [1.29, 1.82) is 0 Å². The molecule has 7 atom stereocenters. The van der Waals surface area contributed by atoms with E-state index in [-0.39, 0.29) is 23.0 Å². The van der Waals surface area contributed by atoms with Gasteiger partial charge in [-0.15, -0.1) is 0 Å². The van der Waals surface area contributed by atoms with Crippen molar-refractivity contribution in [2.45, 2.75) is 91.3 Å². The van der Waals surface area contributed by atoms with Gasteiger partial charge in [0.05, 0.1) is 12.2 Å². The lowest BCUT2D eigenvalue weighted by molar-refractivity contribution is -0.214. The zero-order chi connectivity index (χ0) is 16.0. The highest BCUT2D eigenvalue weighted by Crippen LogP contribution is 2.73. The van der Waals surface area contributed by atoms with Gasteiger partial charge in [-0.05, 0) is 73.0 Å². The molecule has 0 heterocycles. The normalized spacial score (nSPS) is 59.7. The molecule has 2 heteroatoms. The molecule has 1 spiro atoms. The molecule has 4 aliphatic rings. The Kier molecular flexibility index (Phi) is 3.02. The van der Waals surface area contributed by atoms with Gasteiger partial charge in [-0.1, -0.05) is 34.1 Å². The van der Waals surface area contributed by atoms with E-state index < -0.39 is 0 Å². The monoisotopic (exact) mass is 306 g/mol. The fourth-order valence-electron chi connectivity index (χ4n) is 8.10. The van der Waals surface area contributed by atoms with Crippen LogP contribution in [-0.4, -0.2) is 22.4 Å². The van der Waals surface area contributed by atoms with E-state index >= 15 is 0 Å². The number of fused-ring (bicyclic) bond motifs is 3. The lowest BCUT2D eigenvalue weighted by Crippen LogP contribution is -2.63. The first-order valence-corrected chi connectivity index (χ1v) is 9.53. The maximum Gasteiger partial charge on any atom is 0.0678 e. The average molecular weight is 306 g/mol. The van der Waals surface area contributed by atoms with Crippen LogP contribution in [0.3, 0.4) is 0 Å². The molecule has 0 amide bonds. The van der Waals surface area contributed by atoms with Gasteiger partial charge >= 0.3 is 0 Å². The minimum Gasteiger partial charge on any atom is -0.392 e. The molecular weight excluding hydrogens is 272 g/mol. The summed E-state index contributed by atoms with van der Waals surface area (Å²) < 4.78 is 0. The molecule has 0 aromatic heterocycles. The highest BCUT2D eigenvalue weighted by molar-refractivity contribution is 5.20. The van der Waals surface area contributed by atoms with Gasteiger partial charge in [0, 0.05) is 5.41 Å². The van der Waals surface area contributed by atoms with Crippen LogP contribution in [0.15, 0.2) is 0 Å². The Balaban J connectivity index is 1.80. The highest BCUT2D eigenvalue weighted by Gasteiger charge is 2.71. The summed E-state index contributed by atoms with van der Waals surface area (Å²) in [6.45, 7) is 9.64. The van der Waals surface area contributed by atoms with Gasteiger partial charge in [-0.3, -0.25) is 0 Å². The van der Waals surface area contributed by atoms with Crippen molar-refractivity contribution in [2.75, 3.05) is 0 Å². The van der Waals surface area contributed by atoms with E-state index in [0.717, 1.165) is 25.2 Å². The second-order valence-electron chi connectivity index (χ2n) is 10.4. The molecule has 4 fully saturated rings. The second-order valence-corrected chi connectivity index (χ2v) is 10.4. The first kappa shape index (κ1) is 15.4. The maximum absolute atomic E-state index is 11.2. The van der Waals surface area contributed by atoms with Crippen LogP contribution in [0.2, 0.25) is 0 Å². The van der Waals surface area contributed by atoms with Crippen LogP contribution in [0.25, 0.3) is 0 Å². The Morgan fingerprint density at radius 2 is 1.50 bits per heavy atom. The summed E-state index contributed by atoms with van der Waals surface area (Å²) in [5.74, 6) is 1.27. The number of aliphatic hydroxyl groups excluding tert-OH is 2. The smallest absolute Gasteiger partial charge is 0.0678 e. The van der Waals surface area contributed by atoms with Crippen molar-refractivity contribution in [2.24, 2.45) is 33.5 Å². The third kappa shape index (κ3) is 1.59. The Morgan fingerprint density at radius 3 is 2.23 bits per heavy atom. The van der Waals surface area contributed by atoms with Crippen molar-refractivity contribution in [3.05, 3.63) is 0 Å². The van der Waals surface area contributed by atoms with Crippen molar-refractivity contribution in [3.8, 4) is 0 Å². The lowest BCUT2D eigenvalue weighted by Gasteiger charge is -2.65. The summed E-state index contributed by atoms with van der Waals surface area (Å²) in [5, 5.41) is 22.2. The van der Waals surface area contributed by atoms with Crippen LogP contribution in [0.5, 0.6) is 0 Å². The third-order valence-electron chi connectivity index (χ3n) is 9.04. The first-order valence-electron chi connectivity index (χ1n) is 9.53. The van der Waals surface area contributed by atoms with Crippen LogP contribution in [0, 0.1) is 33.5 Å². The van der Waals surface area contributed by atoms with Gasteiger partial charge in [-0.2, -0.15) is 0 Å². The van der Waals surface area contributed by atoms with Crippen LogP contribution in [0.1, 0.15) is 79.1 Å².